The third-order valence-electron chi connectivity index (χ3n) is 4.99. The second-order valence-corrected chi connectivity index (χ2v) is 5.92. The average Bonchev–Trinajstić information content (AvgIpc) is 2.65. The minimum atomic E-state index is 0.298. The number of methoxy groups -OCH3 is 1. The second-order valence-electron chi connectivity index (χ2n) is 5.92. The van der Waals surface area contributed by atoms with Gasteiger partial charge in [-0.1, -0.05) is 19.3 Å². The van der Waals surface area contributed by atoms with Crippen molar-refractivity contribution in [3.05, 3.63) is 28.8 Å². The van der Waals surface area contributed by atoms with E-state index in [1.807, 2.05) is 0 Å². The SMILES string of the molecule is COc1cc(C)c2c(c1)C1(CCCCC1)N(C)C2. The Kier molecular flexibility index (Phi) is 2.86. The Hall–Kier alpha value is -1.02. The molecule has 1 aliphatic carbocycles. The molecule has 1 heterocycles. The largest absolute Gasteiger partial charge is 0.497 e. The highest BCUT2D eigenvalue weighted by atomic mass is 16.5. The lowest BCUT2D eigenvalue weighted by Gasteiger charge is -2.40. The zero-order chi connectivity index (χ0) is 12.8. The Bertz CT molecular complexity index is 460. The Balaban J connectivity index is 2.13. The normalized spacial score (nSPS) is 22.2. The third kappa shape index (κ3) is 1.58. The maximum Gasteiger partial charge on any atom is 0.119 e. The van der Waals surface area contributed by atoms with Crippen LogP contribution in [-0.4, -0.2) is 19.1 Å². The molecule has 2 nitrogen and oxygen atoms in total. The Morgan fingerprint density at radius 1 is 1.17 bits per heavy atom. The zero-order valence-corrected chi connectivity index (χ0v) is 11.8. The molecule has 0 amide bonds. The predicted molar refractivity (Wildman–Crippen MR) is 74.0 cm³/mol. The number of fused-ring (bicyclic) bond motifs is 2. The maximum atomic E-state index is 5.47. The number of hydrogen-bond acceptors (Lipinski definition) is 2. The lowest BCUT2D eigenvalue weighted by molar-refractivity contribution is 0.0889. The van der Waals surface area contributed by atoms with Gasteiger partial charge in [0.1, 0.15) is 5.75 Å². The molecule has 1 aromatic carbocycles. The molecular formula is C16H23NO. The molecule has 0 unspecified atom stereocenters. The summed E-state index contributed by atoms with van der Waals surface area (Å²) in [4.78, 5) is 2.57. The van der Waals surface area contributed by atoms with Crippen molar-refractivity contribution in [3.8, 4) is 5.75 Å². The van der Waals surface area contributed by atoms with Gasteiger partial charge in [0, 0.05) is 12.1 Å². The van der Waals surface area contributed by atoms with Crippen molar-refractivity contribution in [2.75, 3.05) is 14.2 Å². The summed E-state index contributed by atoms with van der Waals surface area (Å²) >= 11 is 0. The number of aryl methyl sites for hydroxylation is 1. The Labute approximate surface area is 110 Å². The van der Waals surface area contributed by atoms with Gasteiger partial charge >= 0.3 is 0 Å². The summed E-state index contributed by atoms with van der Waals surface area (Å²) in [6.45, 7) is 3.32. The highest BCUT2D eigenvalue weighted by molar-refractivity contribution is 5.48. The van der Waals surface area contributed by atoms with Gasteiger partial charge in [-0.2, -0.15) is 0 Å². The van der Waals surface area contributed by atoms with Gasteiger partial charge in [-0.05, 0) is 55.6 Å². The van der Waals surface area contributed by atoms with Crippen LogP contribution in [0.3, 0.4) is 0 Å². The summed E-state index contributed by atoms with van der Waals surface area (Å²) < 4.78 is 5.47. The second kappa shape index (κ2) is 4.27. The molecule has 1 aliphatic heterocycles. The van der Waals surface area contributed by atoms with Gasteiger partial charge in [-0.3, -0.25) is 4.90 Å². The van der Waals surface area contributed by atoms with Crippen LogP contribution in [0.4, 0.5) is 0 Å². The molecule has 1 saturated carbocycles. The van der Waals surface area contributed by atoms with Crippen LogP contribution in [0.15, 0.2) is 12.1 Å². The van der Waals surface area contributed by atoms with Crippen LogP contribution < -0.4 is 4.74 Å². The minimum Gasteiger partial charge on any atom is -0.497 e. The van der Waals surface area contributed by atoms with E-state index in [2.05, 4.69) is 31.0 Å². The van der Waals surface area contributed by atoms with Gasteiger partial charge in [0.15, 0.2) is 0 Å². The van der Waals surface area contributed by atoms with Gasteiger partial charge in [-0.25, -0.2) is 0 Å². The minimum absolute atomic E-state index is 0.298. The van der Waals surface area contributed by atoms with Crippen molar-refractivity contribution in [2.45, 2.75) is 51.1 Å². The summed E-state index contributed by atoms with van der Waals surface area (Å²) in [5, 5.41) is 0. The first-order valence-corrected chi connectivity index (χ1v) is 7.06. The van der Waals surface area contributed by atoms with Crippen molar-refractivity contribution in [1.82, 2.24) is 4.90 Å². The average molecular weight is 245 g/mol. The summed E-state index contributed by atoms with van der Waals surface area (Å²) in [7, 11) is 4.06. The van der Waals surface area contributed by atoms with Gasteiger partial charge in [0.25, 0.3) is 0 Å². The number of hydrogen-bond donors (Lipinski definition) is 0. The monoisotopic (exact) mass is 245 g/mol. The fourth-order valence-electron chi connectivity index (χ4n) is 3.91. The third-order valence-corrected chi connectivity index (χ3v) is 4.99. The molecule has 0 aromatic heterocycles. The number of benzene rings is 1. The zero-order valence-electron chi connectivity index (χ0n) is 11.8. The number of nitrogens with zero attached hydrogens (tertiary/aromatic N) is 1. The van der Waals surface area contributed by atoms with Crippen molar-refractivity contribution < 1.29 is 4.74 Å². The molecule has 98 valence electrons. The molecule has 2 heteroatoms. The molecule has 0 radical (unpaired) electrons. The van der Waals surface area contributed by atoms with E-state index < -0.39 is 0 Å². The van der Waals surface area contributed by atoms with Crippen molar-refractivity contribution >= 4 is 0 Å². The van der Waals surface area contributed by atoms with Crippen molar-refractivity contribution in [1.29, 1.82) is 0 Å². The molecule has 1 spiro atoms. The Morgan fingerprint density at radius 3 is 2.56 bits per heavy atom. The maximum absolute atomic E-state index is 5.47. The van der Waals surface area contributed by atoms with Crippen LogP contribution in [0.5, 0.6) is 5.75 Å². The van der Waals surface area contributed by atoms with E-state index in [9.17, 15) is 0 Å². The van der Waals surface area contributed by atoms with Gasteiger partial charge in [0.05, 0.1) is 7.11 Å². The summed E-state index contributed by atoms with van der Waals surface area (Å²) in [6, 6.07) is 4.46. The topological polar surface area (TPSA) is 12.5 Å². The standard InChI is InChI=1S/C16H23NO/c1-12-9-13(18-3)10-15-14(12)11-17(2)16(15)7-5-4-6-8-16/h9-10H,4-8,11H2,1-3H3. The van der Waals surface area contributed by atoms with E-state index in [0.717, 1.165) is 12.3 Å². The van der Waals surface area contributed by atoms with Crippen LogP contribution in [0, 0.1) is 6.92 Å². The fourth-order valence-corrected chi connectivity index (χ4v) is 3.91. The Morgan fingerprint density at radius 2 is 1.89 bits per heavy atom. The fraction of sp³-hybridized carbons (Fsp3) is 0.625. The smallest absolute Gasteiger partial charge is 0.119 e. The van der Waals surface area contributed by atoms with Crippen LogP contribution in [-0.2, 0) is 12.1 Å². The molecular weight excluding hydrogens is 222 g/mol. The number of ether oxygens (including phenoxy) is 1. The van der Waals surface area contributed by atoms with Crippen LogP contribution in [0.1, 0.15) is 48.8 Å². The van der Waals surface area contributed by atoms with E-state index in [0.29, 0.717) is 5.54 Å². The van der Waals surface area contributed by atoms with Gasteiger partial charge in [-0.15, -0.1) is 0 Å². The highest BCUT2D eigenvalue weighted by Gasteiger charge is 2.44. The van der Waals surface area contributed by atoms with Crippen molar-refractivity contribution in [2.24, 2.45) is 0 Å². The van der Waals surface area contributed by atoms with E-state index in [4.69, 9.17) is 4.74 Å². The first-order valence-electron chi connectivity index (χ1n) is 7.06. The lowest BCUT2D eigenvalue weighted by Crippen LogP contribution is -2.40. The van der Waals surface area contributed by atoms with E-state index in [1.165, 1.54) is 37.7 Å². The first kappa shape index (κ1) is 12.0. The van der Waals surface area contributed by atoms with Gasteiger partial charge < -0.3 is 4.74 Å². The molecule has 0 bridgehead atoms. The molecule has 0 saturated heterocycles. The van der Waals surface area contributed by atoms with Crippen LogP contribution >= 0.6 is 0 Å². The summed E-state index contributed by atoms with van der Waals surface area (Å²) in [6.07, 6.45) is 6.74. The van der Waals surface area contributed by atoms with Crippen LogP contribution in [0.25, 0.3) is 0 Å². The predicted octanol–water partition coefficient (Wildman–Crippen LogP) is 3.61. The van der Waals surface area contributed by atoms with Crippen LogP contribution in [0.2, 0.25) is 0 Å². The summed E-state index contributed by atoms with van der Waals surface area (Å²) in [5.74, 6) is 1.02. The highest BCUT2D eigenvalue weighted by Crippen LogP contribution is 2.49. The summed E-state index contributed by atoms with van der Waals surface area (Å²) in [5.41, 5.74) is 4.77. The van der Waals surface area contributed by atoms with E-state index in [-0.39, 0.29) is 0 Å². The first-order chi connectivity index (χ1) is 8.67. The molecule has 3 rings (SSSR count). The molecule has 0 N–H and O–H groups in total. The molecule has 1 aromatic rings. The van der Waals surface area contributed by atoms with Gasteiger partial charge in [0.2, 0.25) is 0 Å². The van der Waals surface area contributed by atoms with Crippen molar-refractivity contribution in [3.63, 3.8) is 0 Å². The number of rotatable bonds is 1. The molecule has 1 fully saturated rings. The lowest BCUT2D eigenvalue weighted by atomic mass is 9.76. The molecule has 2 aliphatic rings. The quantitative estimate of drug-likeness (QED) is 0.749. The molecule has 18 heavy (non-hydrogen) atoms. The molecule has 0 atom stereocenters. The van der Waals surface area contributed by atoms with E-state index in [1.54, 1.807) is 18.2 Å². The van der Waals surface area contributed by atoms with E-state index >= 15 is 0 Å².